The molecule has 1 aromatic rings. The molecular formula is C18H27F2N3O2. The van der Waals surface area contributed by atoms with Crippen molar-refractivity contribution in [2.45, 2.75) is 45.7 Å². The van der Waals surface area contributed by atoms with E-state index in [2.05, 4.69) is 5.32 Å². The molecule has 0 spiro atoms. The maximum absolute atomic E-state index is 14.0. The molecule has 3 N–H and O–H groups in total. The predicted molar refractivity (Wildman–Crippen MR) is 92.6 cm³/mol. The first-order valence-corrected chi connectivity index (χ1v) is 8.33. The van der Waals surface area contributed by atoms with Crippen LogP contribution in [-0.4, -0.2) is 36.3 Å². The number of nitrogens with two attached hydrogens (primary N) is 1. The summed E-state index contributed by atoms with van der Waals surface area (Å²) in [4.78, 5) is 25.3. The van der Waals surface area contributed by atoms with Crippen molar-refractivity contribution in [2.24, 2.45) is 11.7 Å². The first-order valence-electron chi connectivity index (χ1n) is 8.33. The molecule has 2 unspecified atom stereocenters. The molecule has 0 bridgehead atoms. The van der Waals surface area contributed by atoms with Crippen LogP contribution < -0.4 is 11.1 Å². The van der Waals surface area contributed by atoms with Crippen molar-refractivity contribution >= 4 is 11.8 Å². The van der Waals surface area contributed by atoms with Crippen LogP contribution in [0.4, 0.5) is 8.78 Å². The average molecular weight is 355 g/mol. The largest absolute Gasteiger partial charge is 0.349 e. The first kappa shape index (κ1) is 21.0. The fourth-order valence-corrected chi connectivity index (χ4v) is 2.40. The molecule has 0 saturated heterocycles. The average Bonchev–Trinajstić information content (AvgIpc) is 2.50. The second kappa shape index (κ2) is 9.46. The van der Waals surface area contributed by atoms with Crippen molar-refractivity contribution in [3.8, 4) is 0 Å². The Bertz CT molecular complexity index is 608. The molecule has 2 atom stereocenters. The molecule has 2 amide bonds. The van der Waals surface area contributed by atoms with Gasteiger partial charge in [-0.3, -0.25) is 9.59 Å². The number of benzene rings is 1. The van der Waals surface area contributed by atoms with Crippen molar-refractivity contribution in [3.05, 3.63) is 35.4 Å². The molecule has 1 aromatic carbocycles. The number of hydrogen-bond acceptors (Lipinski definition) is 3. The van der Waals surface area contributed by atoms with E-state index in [4.69, 9.17) is 5.73 Å². The van der Waals surface area contributed by atoms with Crippen molar-refractivity contribution in [3.63, 3.8) is 0 Å². The minimum absolute atomic E-state index is 0.0177. The molecular weight excluding hydrogens is 328 g/mol. The Labute approximate surface area is 147 Å². The quantitative estimate of drug-likeness (QED) is 0.752. The van der Waals surface area contributed by atoms with Gasteiger partial charge in [0.15, 0.2) is 0 Å². The number of rotatable bonds is 8. The zero-order valence-electron chi connectivity index (χ0n) is 15.2. The summed E-state index contributed by atoms with van der Waals surface area (Å²) in [6.07, 6.45) is 0.533. The highest BCUT2D eigenvalue weighted by Crippen LogP contribution is 2.22. The number of amides is 2. The number of hydrogen-bond donors (Lipinski definition) is 2. The fraction of sp³-hybridized carbons (Fsp3) is 0.556. The van der Waals surface area contributed by atoms with Crippen molar-refractivity contribution < 1.29 is 18.4 Å². The van der Waals surface area contributed by atoms with E-state index >= 15 is 0 Å². The van der Waals surface area contributed by atoms with E-state index in [0.29, 0.717) is 18.9 Å². The highest BCUT2D eigenvalue weighted by molar-refractivity contribution is 5.79. The summed E-state index contributed by atoms with van der Waals surface area (Å²) in [5.74, 6) is -1.85. The van der Waals surface area contributed by atoms with Gasteiger partial charge in [0.05, 0.1) is 12.5 Å². The van der Waals surface area contributed by atoms with Crippen LogP contribution in [0, 0.1) is 17.6 Å². The fourth-order valence-electron chi connectivity index (χ4n) is 2.40. The zero-order chi connectivity index (χ0) is 19.1. The van der Waals surface area contributed by atoms with Crippen molar-refractivity contribution in [2.75, 3.05) is 13.6 Å². The van der Waals surface area contributed by atoms with E-state index in [-0.39, 0.29) is 23.9 Å². The van der Waals surface area contributed by atoms with Gasteiger partial charge < -0.3 is 16.0 Å². The lowest BCUT2D eigenvalue weighted by atomic mass is 10.0. The lowest BCUT2D eigenvalue weighted by Crippen LogP contribution is -2.37. The van der Waals surface area contributed by atoms with Gasteiger partial charge in [-0.25, -0.2) is 8.78 Å². The van der Waals surface area contributed by atoms with E-state index in [0.717, 1.165) is 12.1 Å². The summed E-state index contributed by atoms with van der Waals surface area (Å²) in [5, 5.41) is 2.55. The van der Waals surface area contributed by atoms with Crippen molar-refractivity contribution in [1.29, 1.82) is 0 Å². The third kappa shape index (κ3) is 6.78. The predicted octanol–water partition coefficient (Wildman–Crippen LogP) is 2.36. The Morgan fingerprint density at radius 1 is 1.28 bits per heavy atom. The van der Waals surface area contributed by atoms with Crippen LogP contribution in [0.15, 0.2) is 18.2 Å². The standard InChI is InChI=1S/C18H27F2N3O2/c1-11(2)16(21)7-8-23(4)18(25)10-17(22-12(3)24)14-6-5-13(19)9-15(14)20/h5-6,9,11,16-17H,7-8,10,21H2,1-4H3,(H,22,24). The normalized spacial score (nSPS) is 13.4. The van der Waals surface area contributed by atoms with Gasteiger partial charge in [-0.2, -0.15) is 0 Å². The summed E-state index contributed by atoms with van der Waals surface area (Å²) in [6, 6.07) is 2.21. The highest BCUT2D eigenvalue weighted by atomic mass is 19.1. The minimum atomic E-state index is -0.855. The van der Waals surface area contributed by atoms with Gasteiger partial charge in [0.1, 0.15) is 11.6 Å². The van der Waals surface area contributed by atoms with Crippen LogP contribution in [0.25, 0.3) is 0 Å². The lowest BCUT2D eigenvalue weighted by molar-refractivity contribution is -0.130. The first-order chi connectivity index (χ1) is 11.6. The number of carbonyl (C=O) groups excluding carboxylic acids is 2. The summed E-state index contributed by atoms with van der Waals surface area (Å²) in [7, 11) is 1.64. The van der Waals surface area contributed by atoms with Gasteiger partial charge in [-0.05, 0) is 18.4 Å². The molecule has 0 heterocycles. The molecule has 0 fully saturated rings. The molecule has 1 rings (SSSR count). The SMILES string of the molecule is CC(=O)NC(CC(=O)N(C)CCC(N)C(C)C)c1ccc(F)cc1F. The molecule has 0 saturated carbocycles. The molecule has 0 radical (unpaired) electrons. The summed E-state index contributed by atoms with van der Waals surface area (Å²) in [6.45, 7) is 5.77. The van der Waals surface area contributed by atoms with Crippen molar-refractivity contribution in [1.82, 2.24) is 10.2 Å². The summed E-state index contributed by atoms with van der Waals surface area (Å²) in [5.41, 5.74) is 6.06. The van der Waals surface area contributed by atoms with Crippen LogP contribution in [0.3, 0.4) is 0 Å². The third-order valence-electron chi connectivity index (χ3n) is 4.17. The third-order valence-corrected chi connectivity index (χ3v) is 4.17. The Morgan fingerprint density at radius 2 is 1.92 bits per heavy atom. The summed E-state index contributed by atoms with van der Waals surface area (Å²) < 4.78 is 27.1. The molecule has 25 heavy (non-hydrogen) atoms. The zero-order valence-corrected chi connectivity index (χ0v) is 15.2. The molecule has 0 aliphatic rings. The van der Waals surface area contributed by atoms with E-state index in [1.54, 1.807) is 7.05 Å². The van der Waals surface area contributed by atoms with Gasteiger partial charge in [0.2, 0.25) is 11.8 Å². The molecule has 0 aromatic heterocycles. The van der Waals surface area contributed by atoms with Crippen LogP contribution in [0.1, 0.15) is 45.2 Å². The van der Waals surface area contributed by atoms with Crippen LogP contribution in [0.2, 0.25) is 0 Å². The second-order valence-electron chi connectivity index (χ2n) is 6.63. The van der Waals surface area contributed by atoms with Gasteiger partial charge in [-0.1, -0.05) is 19.9 Å². The van der Waals surface area contributed by atoms with Gasteiger partial charge in [0.25, 0.3) is 0 Å². The Morgan fingerprint density at radius 3 is 2.44 bits per heavy atom. The molecule has 0 aliphatic carbocycles. The number of nitrogens with zero attached hydrogens (tertiary/aromatic N) is 1. The Hall–Kier alpha value is -2.02. The molecule has 5 nitrogen and oxygen atoms in total. The molecule has 0 aliphatic heterocycles. The van der Waals surface area contributed by atoms with E-state index in [1.165, 1.54) is 17.9 Å². The van der Waals surface area contributed by atoms with E-state index < -0.39 is 23.6 Å². The van der Waals surface area contributed by atoms with E-state index in [1.807, 2.05) is 13.8 Å². The minimum Gasteiger partial charge on any atom is -0.349 e. The molecule has 140 valence electrons. The monoisotopic (exact) mass is 355 g/mol. The number of halogens is 2. The smallest absolute Gasteiger partial charge is 0.224 e. The number of nitrogens with one attached hydrogen (secondary N) is 1. The maximum atomic E-state index is 14.0. The number of carbonyl (C=O) groups is 2. The van der Waals surface area contributed by atoms with Crippen LogP contribution in [0.5, 0.6) is 0 Å². The van der Waals surface area contributed by atoms with Gasteiger partial charge in [0, 0.05) is 38.2 Å². The second-order valence-corrected chi connectivity index (χ2v) is 6.63. The van der Waals surface area contributed by atoms with Crippen LogP contribution in [-0.2, 0) is 9.59 Å². The Kier molecular flexibility index (Phi) is 7.96. The highest BCUT2D eigenvalue weighted by Gasteiger charge is 2.23. The molecule has 7 heteroatoms. The van der Waals surface area contributed by atoms with E-state index in [9.17, 15) is 18.4 Å². The summed E-state index contributed by atoms with van der Waals surface area (Å²) >= 11 is 0. The van der Waals surface area contributed by atoms with Gasteiger partial charge >= 0.3 is 0 Å². The van der Waals surface area contributed by atoms with Gasteiger partial charge in [-0.15, -0.1) is 0 Å². The van der Waals surface area contributed by atoms with Crippen LogP contribution >= 0.6 is 0 Å². The maximum Gasteiger partial charge on any atom is 0.224 e. The topological polar surface area (TPSA) is 75.4 Å². The Balaban J connectivity index is 2.80. The lowest BCUT2D eigenvalue weighted by Gasteiger charge is -2.24.